The lowest BCUT2D eigenvalue weighted by atomic mass is 10.1. The number of aromatic nitrogens is 2. The molecule has 3 rings (SSSR count). The van der Waals surface area contributed by atoms with Crippen LogP contribution in [0, 0.1) is 3.57 Å². The van der Waals surface area contributed by atoms with E-state index in [1.165, 1.54) is 14.7 Å². The fraction of sp³-hybridized carbons (Fsp3) is 0.133. The fourth-order valence-electron chi connectivity index (χ4n) is 2.25. The second-order valence-electron chi connectivity index (χ2n) is 4.34. The van der Waals surface area contributed by atoms with Gasteiger partial charge in [-0.3, -0.25) is 4.98 Å². The van der Waals surface area contributed by atoms with Crippen LogP contribution < -0.4 is 0 Å². The van der Waals surface area contributed by atoms with Crippen LogP contribution in [-0.2, 0) is 0 Å². The molecule has 2 aromatic heterocycles. The molecule has 1 unspecified atom stereocenters. The second-order valence-corrected chi connectivity index (χ2v) is 5.50. The lowest BCUT2D eigenvalue weighted by molar-refractivity contribution is 0.663. The Morgan fingerprint density at radius 1 is 1.11 bits per heavy atom. The van der Waals surface area contributed by atoms with Crippen molar-refractivity contribution in [3.8, 4) is 0 Å². The van der Waals surface area contributed by atoms with E-state index >= 15 is 0 Å². The molecule has 0 saturated carbocycles. The van der Waals surface area contributed by atoms with Gasteiger partial charge in [0, 0.05) is 12.4 Å². The normalized spacial score (nSPS) is 12.8. The Balaban J connectivity index is 2.15. The van der Waals surface area contributed by atoms with Gasteiger partial charge in [-0.2, -0.15) is 0 Å². The summed E-state index contributed by atoms with van der Waals surface area (Å²) < 4.78 is 3.49. The SMILES string of the molecule is CC(c1ccccc1)n1cc(I)c2ncccc21. The van der Waals surface area contributed by atoms with Crippen LogP contribution in [0.3, 0.4) is 0 Å². The quantitative estimate of drug-likeness (QED) is 0.633. The summed E-state index contributed by atoms with van der Waals surface area (Å²) in [5.41, 5.74) is 3.59. The number of nitrogens with zero attached hydrogens (tertiary/aromatic N) is 2. The van der Waals surface area contributed by atoms with E-state index in [2.05, 4.69) is 81.7 Å². The number of rotatable bonds is 2. The summed E-state index contributed by atoms with van der Waals surface area (Å²) >= 11 is 2.35. The number of pyridine rings is 1. The summed E-state index contributed by atoms with van der Waals surface area (Å²) in [5.74, 6) is 0. The van der Waals surface area contributed by atoms with Gasteiger partial charge in [-0.15, -0.1) is 0 Å². The average Bonchev–Trinajstić information content (AvgIpc) is 2.77. The molecule has 0 spiro atoms. The summed E-state index contributed by atoms with van der Waals surface area (Å²) in [6, 6.07) is 15.0. The first-order valence-corrected chi connectivity index (χ1v) is 7.01. The van der Waals surface area contributed by atoms with Crippen LogP contribution in [0.25, 0.3) is 11.0 Å². The van der Waals surface area contributed by atoms with Crippen LogP contribution in [-0.4, -0.2) is 9.55 Å². The number of hydrogen-bond donors (Lipinski definition) is 0. The topological polar surface area (TPSA) is 17.8 Å². The zero-order valence-corrected chi connectivity index (χ0v) is 12.2. The number of benzene rings is 1. The predicted molar refractivity (Wildman–Crippen MR) is 82.7 cm³/mol. The average molecular weight is 348 g/mol. The Morgan fingerprint density at radius 2 is 1.89 bits per heavy atom. The van der Waals surface area contributed by atoms with Gasteiger partial charge in [0.05, 0.1) is 15.1 Å². The van der Waals surface area contributed by atoms with Crippen molar-refractivity contribution >= 4 is 33.6 Å². The first kappa shape index (κ1) is 11.7. The number of halogens is 1. The summed E-state index contributed by atoms with van der Waals surface area (Å²) in [7, 11) is 0. The van der Waals surface area contributed by atoms with Crippen molar-refractivity contribution in [1.82, 2.24) is 9.55 Å². The van der Waals surface area contributed by atoms with Crippen LogP contribution in [0.1, 0.15) is 18.5 Å². The molecule has 2 heterocycles. The van der Waals surface area contributed by atoms with Crippen molar-refractivity contribution < 1.29 is 0 Å². The Bertz CT molecular complexity index is 673. The second kappa shape index (κ2) is 4.72. The highest BCUT2D eigenvalue weighted by molar-refractivity contribution is 14.1. The summed E-state index contributed by atoms with van der Waals surface area (Å²) in [6.45, 7) is 2.22. The predicted octanol–water partition coefficient (Wildman–Crippen LogP) is 4.25. The molecule has 0 N–H and O–H groups in total. The van der Waals surface area contributed by atoms with E-state index < -0.39 is 0 Å². The smallest absolute Gasteiger partial charge is 0.101 e. The summed E-state index contributed by atoms with van der Waals surface area (Å²) in [4.78, 5) is 4.45. The Kier molecular flexibility index (Phi) is 3.07. The highest BCUT2D eigenvalue weighted by atomic mass is 127. The zero-order valence-electron chi connectivity index (χ0n) is 10.0. The van der Waals surface area contributed by atoms with Gasteiger partial charge in [0.2, 0.25) is 0 Å². The molecule has 3 heteroatoms. The lowest BCUT2D eigenvalue weighted by Gasteiger charge is -2.15. The van der Waals surface area contributed by atoms with Gasteiger partial charge in [0.1, 0.15) is 5.52 Å². The van der Waals surface area contributed by atoms with Gasteiger partial charge >= 0.3 is 0 Å². The van der Waals surface area contributed by atoms with E-state index in [-0.39, 0.29) is 0 Å². The third-order valence-corrected chi connectivity index (χ3v) is 4.03. The van der Waals surface area contributed by atoms with E-state index in [1.54, 1.807) is 0 Å². The van der Waals surface area contributed by atoms with Crippen molar-refractivity contribution in [3.05, 3.63) is 64.0 Å². The highest BCUT2D eigenvalue weighted by Gasteiger charge is 2.13. The molecular weight excluding hydrogens is 335 g/mol. The summed E-state index contributed by atoms with van der Waals surface area (Å²) in [6.07, 6.45) is 4.03. The maximum atomic E-state index is 4.45. The van der Waals surface area contributed by atoms with Crippen molar-refractivity contribution in [1.29, 1.82) is 0 Å². The minimum Gasteiger partial charge on any atom is -0.338 e. The molecule has 0 amide bonds. The van der Waals surface area contributed by atoms with Crippen LogP contribution in [0.5, 0.6) is 0 Å². The van der Waals surface area contributed by atoms with E-state index in [0.29, 0.717) is 6.04 Å². The van der Waals surface area contributed by atoms with E-state index in [9.17, 15) is 0 Å². The van der Waals surface area contributed by atoms with E-state index in [4.69, 9.17) is 0 Å². The molecule has 90 valence electrons. The first-order chi connectivity index (χ1) is 8.77. The van der Waals surface area contributed by atoms with E-state index in [0.717, 1.165) is 5.52 Å². The molecule has 0 saturated heterocycles. The summed E-state index contributed by atoms with van der Waals surface area (Å²) in [5, 5.41) is 0. The van der Waals surface area contributed by atoms with Crippen LogP contribution in [0.4, 0.5) is 0 Å². The van der Waals surface area contributed by atoms with Crippen molar-refractivity contribution in [3.63, 3.8) is 0 Å². The molecule has 0 aliphatic carbocycles. The van der Waals surface area contributed by atoms with Crippen molar-refractivity contribution in [2.45, 2.75) is 13.0 Å². The monoisotopic (exact) mass is 348 g/mol. The third-order valence-electron chi connectivity index (χ3n) is 3.24. The van der Waals surface area contributed by atoms with Crippen LogP contribution in [0.2, 0.25) is 0 Å². The van der Waals surface area contributed by atoms with Gasteiger partial charge < -0.3 is 4.57 Å². The molecule has 1 aromatic carbocycles. The molecular formula is C15H13IN2. The lowest BCUT2D eigenvalue weighted by Crippen LogP contribution is -2.04. The zero-order chi connectivity index (χ0) is 12.5. The molecule has 0 aliphatic rings. The van der Waals surface area contributed by atoms with Crippen LogP contribution >= 0.6 is 22.6 Å². The Morgan fingerprint density at radius 3 is 2.67 bits per heavy atom. The molecule has 0 aliphatic heterocycles. The van der Waals surface area contributed by atoms with Crippen molar-refractivity contribution in [2.24, 2.45) is 0 Å². The van der Waals surface area contributed by atoms with Gasteiger partial charge in [-0.25, -0.2) is 0 Å². The van der Waals surface area contributed by atoms with Crippen molar-refractivity contribution in [2.75, 3.05) is 0 Å². The molecule has 3 aromatic rings. The fourth-order valence-corrected chi connectivity index (χ4v) is 2.97. The van der Waals surface area contributed by atoms with Gasteiger partial charge in [-0.1, -0.05) is 30.3 Å². The number of hydrogen-bond acceptors (Lipinski definition) is 1. The molecule has 1 atom stereocenters. The minimum atomic E-state index is 0.321. The Hall–Kier alpha value is -1.36. The van der Waals surface area contributed by atoms with Gasteiger partial charge in [0.25, 0.3) is 0 Å². The molecule has 0 fully saturated rings. The van der Waals surface area contributed by atoms with Gasteiger partial charge in [0.15, 0.2) is 0 Å². The largest absolute Gasteiger partial charge is 0.338 e. The van der Waals surface area contributed by atoms with Crippen LogP contribution in [0.15, 0.2) is 54.9 Å². The molecule has 0 radical (unpaired) electrons. The maximum absolute atomic E-state index is 4.45. The molecule has 2 nitrogen and oxygen atoms in total. The molecule has 18 heavy (non-hydrogen) atoms. The first-order valence-electron chi connectivity index (χ1n) is 5.93. The standard InChI is InChI=1S/C15H13IN2/c1-11(12-6-3-2-4-7-12)18-10-13(16)15-14(18)8-5-9-17-15/h2-11H,1H3. The Labute approximate surface area is 120 Å². The third kappa shape index (κ3) is 1.92. The number of fused-ring (bicyclic) bond motifs is 1. The minimum absolute atomic E-state index is 0.321. The van der Waals surface area contributed by atoms with Gasteiger partial charge in [-0.05, 0) is 47.2 Å². The molecule has 0 bridgehead atoms. The highest BCUT2D eigenvalue weighted by Crippen LogP contribution is 2.27. The maximum Gasteiger partial charge on any atom is 0.101 e. The van der Waals surface area contributed by atoms with E-state index in [1.807, 2.05) is 12.3 Å².